The minimum absolute atomic E-state index is 0.0324. The van der Waals surface area contributed by atoms with Crippen LogP contribution in [0.25, 0.3) is 0 Å². The molecule has 0 spiro atoms. The normalized spacial score (nSPS) is 21.9. The number of nitrogens with zero attached hydrogens (tertiary/aromatic N) is 1. The fraction of sp³-hybridized carbons (Fsp3) is 0.818. The average Bonchev–Trinajstić information content (AvgIpc) is 2.13. The van der Waals surface area contributed by atoms with Crippen molar-refractivity contribution in [2.24, 2.45) is 5.92 Å². The molecular formula is C11H20N2O3. The Morgan fingerprint density at radius 2 is 2.12 bits per heavy atom. The van der Waals surface area contributed by atoms with Gasteiger partial charge in [-0.3, -0.25) is 9.59 Å². The average molecular weight is 228 g/mol. The van der Waals surface area contributed by atoms with E-state index in [0.717, 1.165) is 0 Å². The Bertz CT molecular complexity index is 289. The van der Waals surface area contributed by atoms with Crippen molar-refractivity contribution in [2.45, 2.75) is 26.3 Å². The zero-order valence-corrected chi connectivity index (χ0v) is 10.4. The van der Waals surface area contributed by atoms with Gasteiger partial charge in [0.15, 0.2) is 0 Å². The third kappa shape index (κ3) is 2.95. The molecule has 1 heterocycles. The molecule has 1 unspecified atom stereocenters. The van der Waals surface area contributed by atoms with E-state index in [9.17, 15) is 9.59 Å². The SMILES string of the molecule is COCC(C)CN1CC(=O)NC(C)(C)C1=O. The second kappa shape index (κ2) is 4.82. The van der Waals surface area contributed by atoms with Crippen molar-refractivity contribution in [3.63, 3.8) is 0 Å². The van der Waals surface area contributed by atoms with Gasteiger partial charge in [0.1, 0.15) is 5.54 Å². The first-order valence-corrected chi connectivity index (χ1v) is 5.46. The van der Waals surface area contributed by atoms with E-state index in [1.165, 1.54) is 0 Å². The van der Waals surface area contributed by atoms with Gasteiger partial charge in [0.25, 0.3) is 0 Å². The molecule has 0 saturated carbocycles. The highest BCUT2D eigenvalue weighted by molar-refractivity contribution is 5.97. The Morgan fingerprint density at radius 3 is 2.69 bits per heavy atom. The summed E-state index contributed by atoms with van der Waals surface area (Å²) in [5.41, 5.74) is -0.790. The van der Waals surface area contributed by atoms with E-state index in [1.807, 2.05) is 6.92 Å². The van der Waals surface area contributed by atoms with E-state index in [-0.39, 0.29) is 24.3 Å². The summed E-state index contributed by atoms with van der Waals surface area (Å²) in [6, 6.07) is 0. The van der Waals surface area contributed by atoms with E-state index >= 15 is 0 Å². The lowest BCUT2D eigenvalue weighted by Gasteiger charge is -2.38. The fourth-order valence-electron chi connectivity index (χ4n) is 1.94. The van der Waals surface area contributed by atoms with Gasteiger partial charge < -0.3 is 15.0 Å². The number of hydrogen-bond acceptors (Lipinski definition) is 3. The summed E-state index contributed by atoms with van der Waals surface area (Å²) >= 11 is 0. The summed E-state index contributed by atoms with van der Waals surface area (Å²) in [5.74, 6) is 0.0971. The summed E-state index contributed by atoms with van der Waals surface area (Å²) < 4.78 is 5.02. The molecule has 0 bridgehead atoms. The third-order valence-corrected chi connectivity index (χ3v) is 2.59. The predicted octanol–water partition coefficient (Wildman–Crippen LogP) is 0.00590. The number of amides is 2. The van der Waals surface area contributed by atoms with E-state index < -0.39 is 5.54 Å². The van der Waals surface area contributed by atoms with Gasteiger partial charge in [-0.1, -0.05) is 6.92 Å². The lowest BCUT2D eigenvalue weighted by molar-refractivity contribution is -0.149. The molecule has 0 aromatic rings. The summed E-state index contributed by atoms with van der Waals surface area (Å²) in [6.07, 6.45) is 0. The van der Waals surface area contributed by atoms with Gasteiger partial charge in [-0.05, 0) is 19.8 Å². The molecule has 5 nitrogen and oxygen atoms in total. The first-order valence-electron chi connectivity index (χ1n) is 5.46. The maximum absolute atomic E-state index is 12.0. The standard InChI is InChI=1S/C11H20N2O3/c1-8(7-16-4)5-13-6-9(14)12-11(2,3)10(13)15/h8H,5-7H2,1-4H3,(H,12,14). The molecule has 0 radical (unpaired) electrons. The number of carbonyl (C=O) groups is 2. The van der Waals surface area contributed by atoms with Crippen LogP contribution in [0.15, 0.2) is 0 Å². The molecule has 92 valence electrons. The smallest absolute Gasteiger partial charge is 0.248 e. The first-order chi connectivity index (χ1) is 7.36. The molecule has 1 aliphatic rings. The van der Waals surface area contributed by atoms with Crippen LogP contribution in [0, 0.1) is 5.92 Å². The van der Waals surface area contributed by atoms with Gasteiger partial charge in [0, 0.05) is 13.7 Å². The number of nitrogens with one attached hydrogen (secondary N) is 1. The minimum Gasteiger partial charge on any atom is -0.384 e. The maximum atomic E-state index is 12.0. The zero-order valence-electron chi connectivity index (χ0n) is 10.4. The van der Waals surface area contributed by atoms with Crippen LogP contribution in [0.3, 0.4) is 0 Å². The van der Waals surface area contributed by atoms with E-state index in [2.05, 4.69) is 5.32 Å². The minimum atomic E-state index is -0.790. The Labute approximate surface area is 96.1 Å². The molecule has 0 aromatic heterocycles. The van der Waals surface area contributed by atoms with Gasteiger partial charge in [-0.25, -0.2) is 0 Å². The topological polar surface area (TPSA) is 58.6 Å². The van der Waals surface area contributed by atoms with E-state index in [0.29, 0.717) is 13.2 Å². The van der Waals surface area contributed by atoms with Crippen LogP contribution in [-0.2, 0) is 14.3 Å². The van der Waals surface area contributed by atoms with Gasteiger partial charge >= 0.3 is 0 Å². The second-order valence-corrected chi connectivity index (χ2v) is 4.92. The molecule has 1 aliphatic heterocycles. The zero-order chi connectivity index (χ0) is 12.3. The summed E-state index contributed by atoms with van der Waals surface area (Å²) in [5, 5.41) is 2.68. The molecule has 5 heteroatoms. The molecule has 16 heavy (non-hydrogen) atoms. The lowest BCUT2D eigenvalue weighted by atomic mass is 9.99. The molecule has 2 amide bonds. The van der Waals surface area contributed by atoms with Crippen molar-refractivity contribution >= 4 is 11.8 Å². The molecule has 1 saturated heterocycles. The molecule has 0 aliphatic carbocycles. The van der Waals surface area contributed by atoms with Crippen molar-refractivity contribution in [3.8, 4) is 0 Å². The highest BCUT2D eigenvalue weighted by atomic mass is 16.5. The number of piperazine rings is 1. The molecule has 1 rings (SSSR count). The molecule has 0 aromatic carbocycles. The molecule has 1 atom stereocenters. The van der Waals surface area contributed by atoms with Gasteiger partial charge in [-0.15, -0.1) is 0 Å². The van der Waals surface area contributed by atoms with Crippen molar-refractivity contribution in [1.82, 2.24) is 10.2 Å². The Morgan fingerprint density at radius 1 is 1.50 bits per heavy atom. The Hall–Kier alpha value is -1.10. The maximum Gasteiger partial charge on any atom is 0.248 e. The first kappa shape index (κ1) is 13.0. The second-order valence-electron chi connectivity index (χ2n) is 4.92. The third-order valence-electron chi connectivity index (χ3n) is 2.59. The van der Waals surface area contributed by atoms with Crippen molar-refractivity contribution < 1.29 is 14.3 Å². The van der Waals surface area contributed by atoms with Gasteiger partial charge in [-0.2, -0.15) is 0 Å². The van der Waals surface area contributed by atoms with Gasteiger partial charge in [0.05, 0.1) is 13.2 Å². The van der Waals surface area contributed by atoms with Crippen molar-refractivity contribution in [2.75, 3.05) is 26.8 Å². The Kier molecular flexibility index (Phi) is 3.91. The number of ether oxygens (including phenoxy) is 1. The van der Waals surface area contributed by atoms with Crippen molar-refractivity contribution in [1.29, 1.82) is 0 Å². The van der Waals surface area contributed by atoms with Crippen LogP contribution >= 0.6 is 0 Å². The van der Waals surface area contributed by atoms with Crippen LogP contribution in [-0.4, -0.2) is 49.1 Å². The number of carbonyl (C=O) groups excluding carboxylic acids is 2. The van der Waals surface area contributed by atoms with Crippen LogP contribution in [0.1, 0.15) is 20.8 Å². The molecular weight excluding hydrogens is 208 g/mol. The van der Waals surface area contributed by atoms with Gasteiger partial charge in [0.2, 0.25) is 11.8 Å². The summed E-state index contributed by atoms with van der Waals surface area (Å²) in [6.45, 7) is 6.74. The van der Waals surface area contributed by atoms with E-state index in [1.54, 1.807) is 25.9 Å². The summed E-state index contributed by atoms with van der Waals surface area (Å²) in [4.78, 5) is 25.0. The largest absolute Gasteiger partial charge is 0.384 e. The fourth-order valence-corrected chi connectivity index (χ4v) is 1.94. The highest BCUT2D eigenvalue weighted by Crippen LogP contribution is 2.14. The number of rotatable bonds is 4. The highest BCUT2D eigenvalue weighted by Gasteiger charge is 2.39. The van der Waals surface area contributed by atoms with Crippen LogP contribution < -0.4 is 5.32 Å². The monoisotopic (exact) mass is 228 g/mol. The molecule has 1 N–H and O–H groups in total. The quantitative estimate of drug-likeness (QED) is 0.737. The van der Waals surface area contributed by atoms with Crippen LogP contribution in [0.2, 0.25) is 0 Å². The molecule has 1 fully saturated rings. The predicted molar refractivity (Wildman–Crippen MR) is 59.8 cm³/mol. The summed E-state index contributed by atoms with van der Waals surface area (Å²) in [7, 11) is 1.63. The van der Waals surface area contributed by atoms with Crippen LogP contribution in [0.4, 0.5) is 0 Å². The van der Waals surface area contributed by atoms with E-state index in [4.69, 9.17) is 4.74 Å². The number of methoxy groups -OCH3 is 1. The van der Waals surface area contributed by atoms with Crippen molar-refractivity contribution in [3.05, 3.63) is 0 Å². The van der Waals surface area contributed by atoms with Crippen LogP contribution in [0.5, 0.6) is 0 Å². The lowest BCUT2D eigenvalue weighted by Crippen LogP contribution is -2.64. The number of hydrogen-bond donors (Lipinski definition) is 1. The Balaban J connectivity index is 2.65.